The molecule has 14 heavy (non-hydrogen) atoms. The molecule has 1 rings (SSSR count). The van der Waals surface area contributed by atoms with Crippen LogP contribution in [-0.2, 0) is 9.53 Å². The van der Waals surface area contributed by atoms with Gasteiger partial charge in [0.25, 0.3) is 0 Å². The number of carbonyl (C=O) groups is 1. The summed E-state index contributed by atoms with van der Waals surface area (Å²) in [5.74, 6) is -0.263. The third kappa shape index (κ3) is 2.87. The van der Waals surface area contributed by atoms with Crippen LogP contribution in [0.5, 0.6) is 0 Å². The molecule has 0 saturated heterocycles. The SMILES string of the molecule is C[CH]C(=O)OC(CC)c1ccccc1. The average molecular weight is 191 g/mol. The molecule has 1 aromatic rings. The van der Waals surface area contributed by atoms with Crippen LogP contribution >= 0.6 is 0 Å². The maximum atomic E-state index is 11.1. The fraction of sp³-hybridized carbons (Fsp3) is 0.333. The van der Waals surface area contributed by atoms with Crippen LogP contribution in [0.1, 0.15) is 31.9 Å². The zero-order valence-corrected chi connectivity index (χ0v) is 8.57. The minimum absolute atomic E-state index is 0.125. The van der Waals surface area contributed by atoms with E-state index >= 15 is 0 Å². The number of carbonyl (C=O) groups excluding carboxylic acids is 1. The lowest BCUT2D eigenvalue weighted by atomic mass is 10.1. The number of hydrogen-bond acceptors (Lipinski definition) is 2. The number of ether oxygens (including phenoxy) is 1. The van der Waals surface area contributed by atoms with Crippen molar-refractivity contribution in [3.63, 3.8) is 0 Å². The highest BCUT2D eigenvalue weighted by atomic mass is 16.5. The Bertz CT molecular complexity index is 280. The molecule has 2 heteroatoms. The molecule has 0 heterocycles. The van der Waals surface area contributed by atoms with Crippen molar-refractivity contribution in [2.45, 2.75) is 26.4 Å². The number of benzene rings is 1. The van der Waals surface area contributed by atoms with Gasteiger partial charge in [0.05, 0.1) is 6.42 Å². The van der Waals surface area contributed by atoms with E-state index in [-0.39, 0.29) is 12.1 Å². The largest absolute Gasteiger partial charge is 0.457 e. The molecule has 0 spiro atoms. The Morgan fingerprint density at radius 1 is 1.43 bits per heavy atom. The molecule has 1 unspecified atom stereocenters. The quantitative estimate of drug-likeness (QED) is 0.684. The summed E-state index contributed by atoms with van der Waals surface area (Å²) in [4.78, 5) is 11.1. The first kappa shape index (κ1) is 10.8. The van der Waals surface area contributed by atoms with E-state index in [0.29, 0.717) is 0 Å². The molecule has 0 fully saturated rings. The standard InChI is InChI=1S/C12H15O2/c1-3-11(14-12(13)4-2)10-8-6-5-7-9-10/h4-9,11H,3H2,1-2H3. The van der Waals surface area contributed by atoms with Crippen LogP contribution in [0.2, 0.25) is 0 Å². The van der Waals surface area contributed by atoms with E-state index in [1.807, 2.05) is 37.3 Å². The van der Waals surface area contributed by atoms with E-state index in [1.165, 1.54) is 6.42 Å². The fourth-order valence-corrected chi connectivity index (χ4v) is 1.26. The maximum Gasteiger partial charge on any atom is 0.310 e. The third-order valence-corrected chi connectivity index (χ3v) is 2.04. The maximum absolute atomic E-state index is 11.1. The molecule has 1 atom stereocenters. The molecule has 0 bridgehead atoms. The van der Waals surface area contributed by atoms with E-state index in [0.717, 1.165) is 12.0 Å². The first-order valence-electron chi connectivity index (χ1n) is 4.82. The summed E-state index contributed by atoms with van der Waals surface area (Å²) in [6, 6.07) is 9.78. The zero-order valence-electron chi connectivity index (χ0n) is 8.57. The smallest absolute Gasteiger partial charge is 0.310 e. The Balaban J connectivity index is 2.68. The molecule has 1 aromatic carbocycles. The van der Waals surface area contributed by atoms with Gasteiger partial charge in [0.15, 0.2) is 0 Å². The lowest BCUT2D eigenvalue weighted by Gasteiger charge is -2.15. The lowest BCUT2D eigenvalue weighted by molar-refractivity contribution is -0.145. The summed E-state index contributed by atoms with van der Waals surface area (Å²) in [6.45, 7) is 3.68. The van der Waals surface area contributed by atoms with Gasteiger partial charge in [-0.1, -0.05) is 44.2 Å². The Kier molecular flexibility index (Phi) is 4.17. The van der Waals surface area contributed by atoms with Gasteiger partial charge in [0.1, 0.15) is 6.10 Å². The van der Waals surface area contributed by atoms with Crippen molar-refractivity contribution in [1.29, 1.82) is 0 Å². The van der Waals surface area contributed by atoms with Gasteiger partial charge < -0.3 is 4.74 Å². The highest BCUT2D eigenvalue weighted by molar-refractivity contribution is 5.78. The highest BCUT2D eigenvalue weighted by Gasteiger charge is 2.12. The highest BCUT2D eigenvalue weighted by Crippen LogP contribution is 2.20. The van der Waals surface area contributed by atoms with E-state index in [1.54, 1.807) is 6.92 Å². The first-order valence-corrected chi connectivity index (χ1v) is 4.82. The van der Waals surface area contributed by atoms with Gasteiger partial charge in [0.2, 0.25) is 0 Å². The second-order valence-corrected chi connectivity index (χ2v) is 3.03. The molecular formula is C12H15O2. The second-order valence-electron chi connectivity index (χ2n) is 3.03. The minimum Gasteiger partial charge on any atom is -0.457 e. The summed E-state index contributed by atoms with van der Waals surface area (Å²) in [6.07, 6.45) is 2.11. The summed E-state index contributed by atoms with van der Waals surface area (Å²) in [5, 5.41) is 0. The van der Waals surface area contributed by atoms with Gasteiger partial charge in [-0.2, -0.15) is 0 Å². The monoisotopic (exact) mass is 191 g/mol. The van der Waals surface area contributed by atoms with Crippen LogP contribution in [0.4, 0.5) is 0 Å². The van der Waals surface area contributed by atoms with Gasteiger partial charge in [-0.05, 0) is 12.0 Å². The predicted octanol–water partition coefficient (Wildman–Crippen LogP) is 2.91. The Morgan fingerprint density at radius 2 is 2.07 bits per heavy atom. The van der Waals surface area contributed by atoms with Crippen molar-refractivity contribution in [2.75, 3.05) is 0 Å². The van der Waals surface area contributed by atoms with Crippen LogP contribution in [0.25, 0.3) is 0 Å². The average Bonchev–Trinajstić information content (AvgIpc) is 2.26. The van der Waals surface area contributed by atoms with Crippen LogP contribution in [0.3, 0.4) is 0 Å². The Hall–Kier alpha value is -1.31. The Morgan fingerprint density at radius 3 is 2.57 bits per heavy atom. The predicted molar refractivity (Wildman–Crippen MR) is 55.5 cm³/mol. The van der Waals surface area contributed by atoms with E-state index < -0.39 is 0 Å². The van der Waals surface area contributed by atoms with Crippen LogP contribution in [0, 0.1) is 6.42 Å². The molecule has 0 aliphatic rings. The fourth-order valence-electron chi connectivity index (χ4n) is 1.26. The van der Waals surface area contributed by atoms with Gasteiger partial charge in [-0.25, -0.2) is 0 Å². The molecular weight excluding hydrogens is 176 g/mol. The van der Waals surface area contributed by atoms with Crippen molar-refractivity contribution in [2.24, 2.45) is 0 Å². The zero-order chi connectivity index (χ0) is 10.4. The lowest BCUT2D eigenvalue weighted by Crippen LogP contribution is -2.09. The van der Waals surface area contributed by atoms with E-state index in [2.05, 4.69) is 0 Å². The topological polar surface area (TPSA) is 26.3 Å². The van der Waals surface area contributed by atoms with Crippen molar-refractivity contribution in [1.82, 2.24) is 0 Å². The first-order chi connectivity index (χ1) is 6.77. The number of rotatable bonds is 4. The molecule has 1 radical (unpaired) electrons. The molecule has 0 saturated carbocycles. The molecule has 2 nitrogen and oxygen atoms in total. The van der Waals surface area contributed by atoms with E-state index in [4.69, 9.17) is 4.74 Å². The second kappa shape index (κ2) is 5.43. The summed E-state index contributed by atoms with van der Waals surface area (Å²) >= 11 is 0. The normalized spacial score (nSPS) is 12.1. The van der Waals surface area contributed by atoms with Crippen molar-refractivity contribution < 1.29 is 9.53 Å². The summed E-state index contributed by atoms with van der Waals surface area (Å²) in [5.41, 5.74) is 1.05. The molecule has 0 N–H and O–H groups in total. The van der Waals surface area contributed by atoms with Crippen molar-refractivity contribution in [3.8, 4) is 0 Å². The summed E-state index contributed by atoms with van der Waals surface area (Å²) in [7, 11) is 0. The van der Waals surface area contributed by atoms with Crippen molar-refractivity contribution >= 4 is 5.97 Å². The van der Waals surface area contributed by atoms with Crippen LogP contribution in [-0.4, -0.2) is 5.97 Å². The molecule has 0 aliphatic heterocycles. The molecule has 0 aromatic heterocycles. The van der Waals surface area contributed by atoms with Gasteiger partial charge in [0, 0.05) is 0 Å². The van der Waals surface area contributed by atoms with Gasteiger partial charge in [-0.3, -0.25) is 4.79 Å². The van der Waals surface area contributed by atoms with Gasteiger partial charge in [-0.15, -0.1) is 0 Å². The number of esters is 1. The van der Waals surface area contributed by atoms with E-state index in [9.17, 15) is 4.79 Å². The minimum atomic E-state index is -0.263. The Labute approximate surface area is 84.9 Å². The molecule has 0 aliphatic carbocycles. The summed E-state index contributed by atoms with van der Waals surface area (Å²) < 4.78 is 5.24. The van der Waals surface area contributed by atoms with Crippen LogP contribution in [0.15, 0.2) is 30.3 Å². The number of hydrogen-bond donors (Lipinski definition) is 0. The van der Waals surface area contributed by atoms with Gasteiger partial charge >= 0.3 is 5.97 Å². The van der Waals surface area contributed by atoms with Crippen LogP contribution < -0.4 is 0 Å². The third-order valence-electron chi connectivity index (χ3n) is 2.04. The molecule has 0 amide bonds. The van der Waals surface area contributed by atoms with Crippen molar-refractivity contribution in [3.05, 3.63) is 42.3 Å². The molecule has 75 valence electrons.